The number of hydrogen-bond acceptors (Lipinski definition) is 5. The van der Waals surface area contributed by atoms with Gasteiger partial charge in [0.2, 0.25) is 11.8 Å². The second-order valence-corrected chi connectivity index (χ2v) is 13.1. The Hall–Kier alpha value is -3.88. The summed E-state index contributed by atoms with van der Waals surface area (Å²) in [4.78, 5) is 51.7. The molecule has 9 heteroatoms. The number of aromatic amines is 1. The van der Waals surface area contributed by atoms with Crippen molar-refractivity contribution in [1.82, 2.24) is 25.1 Å². The number of fused-ring (bicyclic) bond motifs is 1. The number of rotatable bonds is 7. The van der Waals surface area contributed by atoms with E-state index in [-0.39, 0.29) is 23.8 Å². The first-order chi connectivity index (χ1) is 20.5. The third-order valence-corrected chi connectivity index (χ3v) is 8.91. The van der Waals surface area contributed by atoms with E-state index < -0.39 is 23.8 Å². The van der Waals surface area contributed by atoms with Gasteiger partial charge in [0.25, 0.3) is 0 Å². The molecule has 1 aliphatic carbocycles. The molecule has 0 bridgehead atoms. The number of ether oxygens (including phenoxy) is 1. The molecule has 0 radical (unpaired) electrons. The van der Waals surface area contributed by atoms with Gasteiger partial charge in [-0.2, -0.15) is 0 Å². The number of benzene rings is 1. The first-order valence-corrected chi connectivity index (χ1v) is 15.6. The summed E-state index contributed by atoms with van der Waals surface area (Å²) in [6.07, 6.45) is 11.9. The van der Waals surface area contributed by atoms with Gasteiger partial charge in [0.05, 0.1) is 6.04 Å². The van der Waals surface area contributed by atoms with Crippen LogP contribution in [-0.2, 0) is 14.3 Å². The average Bonchev–Trinajstić information content (AvgIpc) is 3.66. The Balaban J connectivity index is 1.36. The van der Waals surface area contributed by atoms with Crippen molar-refractivity contribution in [2.24, 2.45) is 5.92 Å². The van der Waals surface area contributed by atoms with Gasteiger partial charge in [-0.25, -0.2) is 4.79 Å². The predicted octanol–water partition coefficient (Wildman–Crippen LogP) is 6.21. The molecule has 1 saturated carbocycles. The summed E-state index contributed by atoms with van der Waals surface area (Å²) in [6.45, 7) is 7.67. The summed E-state index contributed by atoms with van der Waals surface area (Å²) >= 11 is 0. The van der Waals surface area contributed by atoms with E-state index in [0.29, 0.717) is 6.54 Å². The van der Waals surface area contributed by atoms with Crippen LogP contribution in [0, 0.1) is 5.92 Å². The maximum atomic E-state index is 14.3. The molecule has 3 heterocycles. The molecule has 3 amide bonds. The van der Waals surface area contributed by atoms with Crippen LogP contribution in [-0.4, -0.2) is 69.0 Å². The Morgan fingerprint density at radius 3 is 2.56 bits per heavy atom. The normalized spacial score (nSPS) is 19.2. The zero-order valence-electron chi connectivity index (χ0n) is 26.1. The summed E-state index contributed by atoms with van der Waals surface area (Å²) in [5.74, 6) is -0.343. The van der Waals surface area contributed by atoms with Crippen molar-refractivity contribution < 1.29 is 19.1 Å². The Bertz CT molecular complexity index is 1450. The van der Waals surface area contributed by atoms with Crippen molar-refractivity contribution in [3.63, 3.8) is 0 Å². The second kappa shape index (κ2) is 12.8. The van der Waals surface area contributed by atoms with Gasteiger partial charge in [-0.15, -0.1) is 0 Å². The number of carbonyl (C=O) groups is 3. The highest BCUT2D eigenvalue weighted by atomic mass is 16.6. The zero-order chi connectivity index (χ0) is 30.7. The molecule has 1 aromatic carbocycles. The van der Waals surface area contributed by atoms with Crippen LogP contribution in [0.1, 0.15) is 84.2 Å². The molecule has 3 atom stereocenters. The molecule has 0 unspecified atom stereocenters. The Labute approximate surface area is 254 Å². The highest BCUT2D eigenvalue weighted by Crippen LogP contribution is 2.37. The highest BCUT2D eigenvalue weighted by Gasteiger charge is 2.40. The van der Waals surface area contributed by atoms with Crippen LogP contribution in [0.5, 0.6) is 0 Å². The van der Waals surface area contributed by atoms with Crippen molar-refractivity contribution in [2.45, 2.75) is 96.4 Å². The molecular formula is C34H45N5O4. The number of H-pyrrole nitrogens is 1. The summed E-state index contributed by atoms with van der Waals surface area (Å²) in [6, 6.07) is 8.78. The molecule has 2 aromatic heterocycles. The van der Waals surface area contributed by atoms with E-state index in [2.05, 4.69) is 33.5 Å². The molecule has 3 aromatic rings. The minimum Gasteiger partial charge on any atom is -0.444 e. The van der Waals surface area contributed by atoms with Crippen molar-refractivity contribution in [3.05, 3.63) is 54.5 Å². The number of hydrogen-bond donors (Lipinski definition) is 2. The van der Waals surface area contributed by atoms with E-state index in [1.54, 1.807) is 34.7 Å². The van der Waals surface area contributed by atoms with Crippen LogP contribution < -0.4 is 5.32 Å². The average molecular weight is 588 g/mol. The molecule has 1 aliphatic heterocycles. The van der Waals surface area contributed by atoms with Crippen LogP contribution in [0.4, 0.5) is 4.79 Å². The van der Waals surface area contributed by atoms with E-state index in [9.17, 15) is 14.4 Å². The summed E-state index contributed by atoms with van der Waals surface area (Å²) < 4.78 is 5.47. The lowest BCUT2D eigenvalue weighted by atomic mass is 9.83. The van der Waals surface area contributed by atoms with Crippen molar-refractivity contribution in [2.75, 3.05) is 13.6 Å². The lowest BCUT2D eigenvalue weighted by Gasteiger charge is -2.36. The number of nitrogens with one attached hydrogen (secondary N) is 2. The van der Waals surface area contributed by atoms with Gasteiger partial charge in [-0.05, 0) is 77.0 Å². The van der Waals surface area contributed by atoms with Crippen LogP contribution >= 0.6 is 0 Å². The maximum absolute atomic E-state index is 14.3. The molecule has 230 valence electrons. The molecule has 5 rings (SSSR count). The first kappa shape index (κ1) is 30.6. The van der Waals surface area contributed by atoms with Gasteiger partial charge >= 0.3 is 6.09 Å². The summed E-state index contributed by atoms with van der Waals surface area (Å²) in [5, 5.41) is 4.22. The van der Waals surface area contributed by atoms with Gasteiger partial charge in [0.1, 0.15) is 17.7 Å². The van der Waals surface area contributed by atoms with E-state index in [1.807, 2.05) is 35.6 Å². The molecular weight excluding hydrogens is 542 g/mol. The number of carbonyl (C=O) groups excluding carboxylic acids is 3. The van der Waals surface area contributed by atoms with E-state index in [1.165, 1.54) is 4.90 Å². The molecule has 9 nitrogen and oxygen atoms in total. The zero-order valence-corrected chi connectivity index (χ0v) is 26.1. The van der Waals surface area contributed by atoms with Crippen LogP contribution in [0.15, 0.2) is 48.9 Å². The van der Waals surface area contributed by atoms with Crippen molar-refractivity contribution >= 4 is 28.8 Å². The number of aromatic nitrogens is 2. The number of likely N-dealkylation sites (tertiary alicyclic amines) is 1. The van der Waals surface area contributed by atoms with Gasteiger partial charge in [-0.3, -0.25) is 19.5 Å². The van der Waals surface area contributed by atoms with Gasteiger partial charge < -0.3 is 19.9 Å². The number of nitrogens with zero attached hydrogens (tertiary/aromatic N) is 3. The predicted molar refractivity (Wildman–Crippen MR) is 167 cm³/mol. The molecule has 2 fully saturated rings. The fraction of sp³-hybridized carbons (Fsp3) is 0.529. The fourth-order valence-corrected chi connectivity index (χ4v) is 6.44. The molecule has 2 aliphatic rings. The van der Waals surface area contributed by atoms with Gasteiger partial charge in [0, 0.05) is 54.2 Å². The lowest BCUT2D eigenvalue weighted by Crippen LogP contribution is -2.56. The summed E-state index contributed by atoms with van der Waals surface area (Å²) in [7, 11) is 1.56. The monoisotopic (exact) mass is 587 g/mol. The SMILES string of the molecule is C[C@@H](C(=O)N[C@H](C(=O)N1CCC[C@H]1c1cncc(-c2c[nH]c3ccccc23)c1)C1CCCCC1)N(C)C(=O)OC(C)(C)C. The van der Waals surface area contributed by atoms with Crippen LogP contribution in [0.25, 0.3) is 22.0 Å². The first-order valence-electron chi connectivity index (χ1n) is 15.6. The smallest absolute Gasteiger partial charge is 0.410 e. The largest absolute Gasteiger partial charge is 0.444 e. The molecule has 43 heavy (non-hydrogen) atoms. The third-order valence-electron chi connectivity index (χ3n) is 8.91. The third kappa shape index (κ3) is 6.86. The highest BCUT2D eigenvalue weighted by molar-refractivity contribution is 5.95. The van der Waals surface area contributed by atoms with Crippen molar-refractivity contribution in [1.29, 1.82) is 0 Å². The van der Waals surface area contributed by atoms with Crippen LogP contribution in [0.2, 0.25) is 0 Å². The van der Waals surface area contributed by atoms with E-state index in [4.69, 9.17) is 4.74 Å². The fourth-order valence-electron chi connectivity index (χ4n) is 6.44. The molecule has 2 N–H and O–H groups in total. The van der Waals surface area contributed by atoms with Gasteiger partial charge in [-0.1, -0.05) is 37.5 Å². The van der Waals surface area contributed by atoms with Gasteiger partial charge in [0.15, 0.2) is 0 Å². The van der Waals surface area contributed by atoms with E-state index >= 15 is 0 Å². The quantitative estimate of drug-likeness (QED) is 0.342. The summed E-state index contributed by atoms with van der Waals surface area (Å²) in [5.41, 5.74) is 3.48. The minimum absolute atomic E-state index is 0.0487. The standard InChI is InChI=1S/C34H45N5O4/c1-22(38(5)33(42)43-34(2,3)4)31(40)37-30(23-12-7-6-8-13-23)32(41)39-17-11-16-29(39)25-18-24(19-35-20-25)27-21-36-28-15-10-9-14-26(27)28/h9-10,14-15,18-23,29-30,36H,6-8,11-13,16-17H2,1-5H3,(H,37,40)/t22-,29-,30-/m0/s1. The lowest BCUT2D eigenvalue weighted by molar-refractivity contribution is -0.140. The molecule has 1 saturated heterocycles. The number of likely N-dealkylation sites (N-methyl/N-ethyl adjacent to an activating group) is 1. The number of amides is 3. The molecule has 0 spiro atoms. The van der Waals surface area contributed by atoms with E-state index in [0.717, 1.165) is 72.5 Å². The number of para-hydroxylation sites is 1. The van der Waals surface area contributed by atoms with Crippen LogP contribution in [0.3, 0.4) is 0 Å². The van der Waals surface area contributed by atoms with Crippen molar-refractivity contribution in [3.8, 4) is 11.1 Å². The minimum atomic E-state index is -0.792. The number of pyridine rings is 1. The second-order valence-electron chi connectivity index (χ2n) is 13.1. The Morgan fingerprint density at radius 2 is 1.81 bits per heavy atom. The Morgan fingerprint density at radius 1 is 1.07 bits per heavy atom. The Kier molecular flexibility index (Phi) is 9.08. The topological polar surface area (TPSA) is 108 Å². The maximum Gasteiger partial charge on any atom is 0.410 e.